The Bertz CT molecular complexity index is 1600. The number of benzene rings is 4. The Kier molecular flexibility index (Phi) is 10.3. The zero-order valence-electron chi connectivity index (χ0n) is 23.0. The fourth-order valence-electron chi connectivity index (χ4n) is 4.53. The molecular formula is C32H31ClFN3O4S. The third-order valence-corrected chi connectivity index (χ3v) is 8.61. The van der Waals surface area contributed by atoms with E-state index in [0.717, 1.165) is 34.1 Å². The smallest absolute Gasteiger partial charge is 0.264 e. The highest BCUT2D eigenvalue weighted by Crippen LogP contribution is 2.25. The summed E-state index contributed by atoms with van der Waals surface area (Å²) in [5.41, 5.74) is 1.75. The highest BCUT2D eigenvalue weighted by atomic mass is 35.5. The van der Waals surface area contributed by atoms with Gasteiger partial charge in [0, 0.05) is 24.5 Å². The number of sulfonamides is 1. The molecule has 0 bridgehead atoms. The highest BCUT2D eigenvalue weighted by Gasteiger charge is 2.34. The van der Waals surface area contributed by atoms with Crippen LogP contribution in [-0.2, 0) is 32.6 Å². The zero-order chi connectivity index (χ0) is 30.1. The van der Waals surface area contributed by atoms with E-state index in [4.69, 9.17) is 11.6 Å². The Morgan fingerprint density at radius 2 is 1.48 bits per heavy atom. The van der Waals surface area contributed by atoms with E-state index in [2.05, 4.69) is 5.32 Å². The number of nitrogens with one attached hydrogen (secondary N) is 1. The van der Waals surface area contributed by atoms with E-state index in [1.54, 1.807) is 61.5 Å². The van der Waals surface area contributed by atoms with Crippen molar-refractivity contribution in [2.75, 3.05) is 17.4 Å². The topological polar surface area (TPSA) is 86.8 Å². The first kappa shape index (κ1) is 30.7. The molecule has 0 aliphatic heterocycles. The van der Waals surface area contributed by atoms with Crippen LogP contribution in [0, 0.1) is 5.82 Å². The lowest BCUT2D eigenvalue weighted by atomic mass is 10.0. The van der Waals surface area contributed by atoms with Crippen LogP contribution < -0.4 is 9.62 Å². The second kappa shape index (κ2) is 14.1. The quantitative estimate of drug-likeness (QED) is 0.232. The van der Waals surface area contributed by atoms with Gasteiger partial charge in [-0.3, -0.25) is 13.9 Å². The highest BCUT2D eigenvalue weighted by molar-refractivity contribution is 7.92. The van der Waals surface area contributed by atoms with Crippen molar-refractivity contribution in [2.45, 2.75) is 30.8 Å². The number of anilines is 1. The molecule has 2 amide bonds. The fraction of sp³-hybridized carbons (Fsp3) is 0.188. The lowest BCUT2D eigenvalue weighted by Crippen LogP contribution is -2.53. The second-order valence-electron chi connectivity index (χ2n) is 9.55. The van der Waals surface area contributed by atoms with Crippen molar-refractivity contribution in [3.8, 4) is 0 Å². The maximum Gasteiger partial charge on any atom is 0.264 e. The molecule has 0 aromatic heterocycles. The monoisotopic (exact) mass is 607 g/mol. The molecule has 0 saturated carbocycles. The average molecular weight is 608 g/mol. The van der Waals surface area contributed by atoms with E-state index >= 15 is 0 Å². The number of halogens is 2. The largest absolute Gasteiger partial charge is 0.355 e. The van der Waals surface area contributed by atoms with E-state index in [-0.39, 0.29) is 29.5 Å². The first-order valence-corrected chi connectivity index (χ1v) is 15.2. The van der Waals surface area contributed by atoms with Crippen LogP contribution in [0.4, 0.5) is 10.1 Å². The third kappa shape index (κ3) is 7.74. The molecule has 0 unspecified atom stereocenters. The SMILES string of the molecule is CCNC(=O)[C@@H](Cc1ccccc1)N(Cc1cccc(Cl)c1)C(=O)CN(c1ccccc1)S(=O)(=O)c1ccc(F)cc1. The lowest BCUT2D eigenvalue weighted by Gasteiger charge is -2.33. The van der Waals surface area contributed by atoms with Crippen molar-refractivity contribution in [3.63, 3.8) is 0 Å². The Labute approximate surface area is 250 Å². The summed E-state index contributed by atoms with van der Waals surface area (Å²) in [4.78, 5) is 28.9. The molecule has 10 heteroatoms. The van der Waals surface area contributed by atoms with Crippen molar-refractivity contribution in [1.82, 2.24) is 10.2 Å². The summed E-state index contributed by atoms with van der Waals surface area (Å²) in [6.07, 6.45) is 0.203. The molecule has 4 aromatic rings. The van der Waals surface area contributed by atoms with Crippen LogP contribution in [0.5, 0.6) is 0 Å². The van der Waals surface area contributed by atoms with E-state index in [1.165, 1.54) is 4.90 Å². The van der Waals surface area contributed by atoms with Gasteiger partial charge in [0.1, 0.15) is 18.4 Å². The summed E-state index contributed by atoms with van der Waals surface area (Å²) in [6, 6.07) is 27.8. The van der Waals surface area contributed by atoms with Gasteiger partial charge in [-0.15, -0.1) is 0 Å². The van der Waals surface area contributed by atoms with Crippen LogP contribution in [0.25, 0.3) is 0 Å². The number of hydrogen-bond acceptors (Lipinski definition) is 4. The van der Waals surface area contributed by atoms with Gasteiger partial charge >= 0.3 is 0 Å². The second-order valence-corrected chi connectivity index (χ2v) is 11.9. The molecule has 42 heavy (non-hydrogen) atoms. The minimum Gasteiger partial charge on any atom is -0.355 e. The number of likely N-dealkylation sites (N-methyl/N-ethyl adjacent to an activating group) is 1. The molecule has 0 aliphatic rings. The number of rotatable bonds is 12. The van der Waals surface area contributed by atoms with Crippen LogP contribution in [0.2, 0.25) is 5.02 Å². The van der Waals surface area contributed by atoms with E-state index in [9.17, 15) is 22.4 Å². The van der Waals surface area contributed by atoms with Crippen molar-refractivity contribution in [2.24, 2.45) is 0 Å². The Morgan fingerprint density at radius 1 is 0.857 bits per heavy atom. The minimum absolute atomic E-state index is 0.00720. The van der Waals surface area contributed by atoms with E-state index < -0.39 is 34.3 Å². The van der Waals surface area contributed by atoms with Gasteiger partial charge in [0.25, 0.3) is 10.0 Å². The summed E-state index contributed by atoms with van der Waals surface area (Å²) < 4.78 is 42.3. The average Bonchev–Trinajstić information content (AvgIpc) is 2.99. The normalized spacial score (nSPS) is 11.9. The number of carbonyl (C=O) groups excluding carboxylic acids is 2. The Morgan fingerprint density at radius 3 is 2.10 bits per heavy atom. The Balaban J connectivity index is 1.78. The molecule has 1 atom stereocenters. The van der Waals surface area contributed by atoms with Crippen LogP contribution in [0.1, 0.15) is 18.1 Å². The van der Waals surface area contributed by atoms with Crippen molar-refractivity contribution >= 4 is 39.1 Å². The van der Waals surface area contributed by atoms with Gasteiger partial charge in [0.05, 0.1) is 10.6 Å². The van der Waals surface area contributed by atoms with Gasteiger partial charge in [0.2, 0.25) is 11.8 Å². The number of amides is 2. The summed E-state index contributed by atoms with van der Waals surface area (Å²) in [5, 5.41) is 3.28. The van der Waals surface area contributed by atoms with E-state index in [1.807, 2.05) is 30.3 Å². The van der Waals surface area contributed by atoms with Crippen molar-refractivity contribution in [3.05, 3.63) is 131 Å². The summed E-state index contributed by atoms with van der Waals surface area (Å²) in [6.45, 7) is 1.54. The third-order valence-electron chi connectivity index (χ3n) is 6.59. The molecule has 0 saturated heterocycles. The number of hydrogen-bond donors (Lipinski definition) is 1. The van der Waals surface area contributed by atoms with Gasteiger partial charge in [-0.1, -0.05) is 72.3 Å². The molecular weight excluding hydrogens is 577 g/mol. The predicted octanol–water partition coefficient (Wildman–Crippen LogP) is 5.45. The van der Waals surface area contributed by atoms with Gasteiger partial charge in [-0.25, -0.2) is 12.8 Å². The lowest BCUT2D eigenvalue weighted by molar-refractivity contribution is -0.140. The molecule has 0 aliphatic carbocycles. The number of nitrogens with zero attached hydrogens (tertiary/aromatic N) is 2. The minimum atomic E-state index is -4.30. The molecule has 4 rings (SSSR count). The molecule has 4 aromatic carbocycles. The molecule has 0 heterocycles. The molecule has 1 N–H and O–H groups in total. The van der Waals surface area contributed by atoms with Gasteiger partial charge in [-0.2, -0.15) is 0 Å². The van der Waals surface area contributed by atoms with E-state index in [0.29, 0.717) is 17.1 Å². The summed E-state index contributed by atoms with van der Waals surface area (Å²) in [5.74, 6) is -1.56. The van der Waals surface area contributed by atoms with Crippen LogP contribution in [0.15, 0.2) is 114 Å². The molecule has 0 spiro atoms. The maximum atomic E-state index is 14.2. The van der Waals surface area contributed by atoms with Gasteiger partial charge < -0.3 is 10.2 Å². The maximum absolute atomic E-state index is 14.2. The fourth-order valence-corrected chi connectivity index (χ4v) is 6.16. The first-order valence-electron chi connectivity index (χ1n) is 13.4. The number of carbonyl (C=O) groups is 2. The zero-order valence-corrected chi connectivity index (χ0v) is 24.6. The first-order chi connectivity index (χ1) is 20.2. The summed E-state index contributed by atoms with van der Waals surface area (Å²) in [7, 11) is -4.30. The van der Waals surface area contributed by atoms with Gasteiger partial charge in [-0.05, 0) is 66.6 Å². The summed E-state index contributed by atoms with van der Waals surface area (Å²) >= 11 is 6.24. The van der Waals surface area contributed by atoms with Crippen molar-refractivity contribution in [1.29, 1.82) is 0 Å². The van der Waals surface area contributed by atoms with Crippen LogP contribution in [0.3, 0.4) is 0 Å². The van der Waals surface area contributed by atoms with Crippen LogP contribution in [-0.4, -0.2) is 44.3 Å². The Hall–Kier alpha value is -4.21. The molecule has 0 fully saturated rings. The van der Waals surface area contributed by atoms with Gasteiger partial charge in [0.15, 0.2) is 0 Å². The van der Waals surface area contributed by atoms with Crippen LogP contribution >= 0.6 is 11.6 Å². The predicted molar refractivity (Wildman–Crippen MR) is 162 cm³/mol. The standard InChI is InChI=1S/C32H31ClFN3O4S/c1-2-35-32(39)30(21-24-10-5-3-6-11-24)36(22-25-12-9-13-26(33)20-25)31(38)23-37(28-14-7-4-8-15-28)42(40,41)29-18-16-27(34)17-19-29/h3-20,30H,2,21-23H2,1H3,(H,35,39)/t30-/m1/s1. The molecule has 7 nitrogen and oxygen atoms in total. The number of para-hydroxylation sites is 1. The molecule has 0 radical (unpaired) electrons. The van der Waals surface area contributed by atoms with Crippen molar-refractivity contribution < 1.29 is 22.4 Å². The molecule has 218 valence electrons.